The minimum atomic E-state index is -4.16. The largest absolute Gasteiger partial charge is 0.352 e. The minimum absolute atomic E-state index is 0.0448. The van der Waals surface area contributed by atoms with E-state index in [0.29, 0.717) is 5.02 Å². The van der Waals surface area contributed by atoms with Gasteiger partial charge in [-0.15, -0.1) is 0 Å². The van der Waals surface area contributed by atoms with Crippen LogP contribution in [0.4, 0.5) is 5.69 Å². The third kappa shape index (κ3) is 8.49. The quantitative estimate of drug-likeness (QED) is 0.185. The molecular formula is C35H38ClN3O4S. The first-order valence-corrected chi connectivity index (χ1v) is 16.4. The zero-order chi connectivity index (χ0) is 31.7. The molecule has 2 amide bonds. The van der Waals surface area contributed by atoms with Gasteiger partial charge in [-0.1, -0.05) is 96.9 Å². The number of carbonyl (C=O) groups excluding carboxylic acids is 2. The Morgan fingerprint density at radius 2 is 1.45 bits per heavy atom. The summed E-state index contributed by atoms with van der Waals surface area (Å²) in [6, 6.07) is 30.5. The molecule has 7 nitrogen and oxygen atoms in total. The third-order valence-electron chi connectivity index (χ3n) is 7.43. The smallest absolute Gasteiger partial charge is 0.264 e. The Labute approximate surface area is 265 Å². The SMILES string of the molecule is CC[C@H](C)NC(=O)[C@H](Cc1ccccc1)N(Cc1cccc(C)c1)C(=O)CN(c1ccc(Cl)cc1)S(=O)(=O)c1ccccc1. The van der Waals surface area contributed by atoms with Crippen LogP contribution in [0.15, 0.2) is 114 Å². The van der Waals surface area contributed by atoms with Crippen LogP contribution in [0.2, 0.25) is 5.02 Å². The molecule has 0 saturated heterocycles. The number of benzene rings is 4. The van der Waals surface area contributed by atoms with Gasteiger partial charge >= 0.3 is 0 Å². The average molecular weight is 632 g/mol. The lowest BCUT2D eigenvalue weighted by atomic mass is 10.0. The van der Waals surface area contributed by atoms with Crippen LogP contribution in [0.1, 0.15) is 37.0 Å². The number of nitrogens with zero attached hydrogens (tertiary/aromatic N) is 2. The zero-order valence-corrected chi connectivity index (χ0v) is 26.8. The van der Waals surface area contributed by atoms with Crippen molar-refractivity contribution in [3.8, 4) is 0 Å². The number of nitrogens with one attached hydrogen (secondary N) is 1. The molecule has 0 aliphatic carbocycles. The molecule has 2 atom stereocenters. The highest BCUT2D eigenvalue weighted by Gasteiger charge is 2.35. The summed E-state index contributed by atoms with van der Waals surface area (Å²) >= 11 is 6.13. The van der Waals surface area contributed by atoms with Crippen LogP contribution in [-0.4, -0.2) is 43.8 Å². The van der Waals surface area contributed by atoms with E-state index in [4.69, 9.17) is 11.6 Å². The predicted molar refractivity (Wildman–Crippen MR) is 176 cm³/mol. The summed E-state index contributed by atoms with van der Waals surface area (Å²) in [7, 11) is -4.16. The Balaban J connectivity index is 1.80. The maximum atomic E-state index is 14.5. The van der Waals surface area contributed by atoms with Crippen LogP contribution >= 0.6 is 11.6 Å². The molecule has 0 aliphatic heterocycles. The first-order chi connectivity index (χ1) is 21.1. The van der Waals surface area contributed by atoms with Crippen LogP contribution in [0.3, 0.4) is 0 Å². The Kier molecular flexibility index (Phi) is 11.2. The average Bonchev–Trinajstić information content (AvgIpc) is 3.02. The molecule has 0 aromatic heterocycles. The maximum absolute atomic E-state index is 14.5. The molecule has 1 N–H and O–H groups in total. The molecule has 0 fully saturated rings. The van der Waals surface area contributed by atoms with Crippen LogP contribution < -0.4 is 9.62 Å². The lowest BCUT2D eigenvalue weighted by Crippen LogP contribution is -2.54. The van der Waals surface area contributed by atoms with E-state index >= 15 is 0 Å². The molecule has 0 bridgehead atoms. The molecule has 0 saturated carbocycles. The van der Waals surface area contributed by atoms with Gasteiger partial charge in [-0.05, 0) is 67.8 Å². The van der Waals surface area contributed by atoms with Gasteiger partial charge in [-0.2, -0.15) is 0 Å². The van der Waals surface area contributed by atoms with E-state index in [0.717, 1.165) is 27.4 Å². The molecular weight excluding hydrogens is 594 g/mol. The van der Waals surface area contributed by atoms with Gasteiger partial charge in [0, 0.05) is 24.0 Å². The maximum Gasteiger partial charge on any atom is 0.264 e. The fraction of sp³-hybridized carbons (Fsp3) is 0.257. The van der Waals surface area contributed by atoms with Crippen molar-refractivity contribution in [1.29, 1.82) is 0 Å². The van der Waals surface area contributed by atoms with Gasteiger partial charge in [0.2, 0.25) is 11.8 Å². The fourth-order valence-corrected chi connectivity index (χ4v) is 6.42. The number of aryl methyl sites for hydroxylation is 1. The summed E-state index contributed by atoms with van der Waals surface area (Å²) in [5.74, 6) is -0.811. The molecule has 0 unspecified atom stereocenters. The third-order valence-corrected chi connectivity index (χ3v) is 9.47. The molecule has 4 aromatic rings. The number of anilines is 1. The van der Waals surface area contributed by atoms with Crippen molar-refractivity contribution in [2.24, 2.45) is 0 Å². The topological polar surface area (TPSA) is 86.8 Å². The lowest BCUT2D eigenvalue weighted by molar-refractivity contribution is -0.140. The molecule has 0 heterocycles. The number of rotatable bonds is 13. The summed E-state index contributed by atoms with van der Waals surface area (Å²) in [4.78, 5) is 29.9. The predicted octanol–water partition coefficient (Wildman–Crippen LogP) is 6.40. The Hall–Kier alpha value is -4.14. The van der Waals surface area contributed by atoms with E-state index < -0.39 is 28.5 Å². The van der Waals surface area contributed by atoms with Gasteiger partial charge < -0.3 is 10.2 Å². The Morgan fingerprint density at radius 3 is 2.07 bits per heavy atom. The van der Waals surface area contributed by atoms with Crippen molar-refractivity contribution < 1.29 is 18.0 Å². The molecule has 4 rings (SSSR count). The first-order valence-electron chi connectivity index (χ1n) is 14.6. The van der Waals surface area contributed by atoms with Gasteiger partial charge in [-0.25, -0.2) is 8.42 Å². The van der Waals surface area contributed by atoms with Crippen molar-refractivity contribution in [3.05, 3.63) is 131 Å². The number of hydrogen-bond acceptors (Lipinski definition) is 4. The van der Waals surface area contributed by atoms with Crippen LogP contribution in [0, 0.1) is 6.92 Å². The number of sulfonamides is 1. The second kappa shape index (κ2) is 15.0. The molecule has 4 aromatic carbocycles. The highest BCUT2D eigenvalue weighted by Crippen LogP contribution is 2.26. The van der Waals surface area contributed by atoms with E-state index in [2.05, 4.69) is 5.32 Å². The molecule has 0 radical (unpaired) electrons. The van der Waals surface area contributed by atoms with E-state index in [-0.39, 0.29) is 35.5 Å². The van der Waals surface area contributed by atoms with Crippen molar-refractivity contribution in [3.63, 3.8) is 0 Å². The van der Waals surface area contributed by atoms with Gasteiger partial charge in [0.1, 0.15) is 12.6 Å². The number of carbonyl (C=O) groups is 2. The van der Waals surface area contributed by atoms with Crippen molar-refractivity contribution in [1.82, 2.24) is 10.2 Å². The fourth-order valence-electron chi connectivity index (χ4n) is 4.86. The van der Waals surface area contributed by atoms with E-state index in [1.54, 1.807) is 42.5 Å². The zero-order valence-electron chi connectivity index (χ0n) is 25.2. The number of hydrogen-bond donors (Lipinski definition) is 1. The van der Waals surface area contributed by atoms with Crippen LogP contribution in [-0.2, 0) is 32.6 Å². The van der Waals surface area contributed by atoms with Gasteiger partial charge in [0.25, 0.3) is 10.0 Å². The first kappa shape index (κ1) is 32.8. The summed E-state index contributed by atoms with van der Waals surface area (Å²) in [6.07, 6.45) is 0.975. The molecule has 0 spiro atoms. The van der Waals surface area contributed by atoms with Gasteiger partial charge in [0.05, 0.1) is 10.6 Å². The minimum Gasteiger partial charge on any atom is -0.352 e. The summed E-state index contributed by atoms with van der Waals surface area (Å²) < 4.78 is 29.1. The normalized spacial score (nSPS) is 12.6. The second-order valence-corrected chi connectivity index (χ2v) is 13.1. The molecule has 44 heavy (non-hydrogen) atoms. The summed E-state index contributed by atoms with van der Waals surface area (Å²) in [6.45, 7) is 5.45. The Morgan fingerprint density at radius 1 is 0.841 bits per heavy atom. The number of halogens is 1. The molecule has 0 aliphatic rings. The highest BCUT2D eigenvalue weighted by molar-refractivity contribution is 7.92. The van der Waals surface area contributed by atoms with Crippen molar-refractivity contribution >= 4 is 39.1 Å². The van der Waals surface area contributed by atoms with Crippen molar-refractivity contribution in [2.45, 2.75) is 57.1 Å². The molecule has 230 valence electrons. The summed E-state index contributed by atoms with van der Waals surface area (Å²) in [5.41, 5.74) is 3.00. The Bertz CT molecular complexity index is 1650. The van der Waals surface area contributed by atoms with Gasteiger partial charge in [-0.3, -0.25) is 13.9 Å². The highest BCUT2D eigenvalue weighted by atomic mass is 35.5. The van der Waals surface area contributed by atoms with Crippen LogP contribution in [0.5, 0.6) is 0 Å². The second-order valence-electron chi connectivity index (χ2n) is 10.8. The van der Waals surface area contributed by atoms with E-state index in [1.165, 1.54) is 17.0 Å². The lowest BCUT2D eigenvalue weighted by Gasteiger charge is -2.34. The van der Waals surface area contributed by atoms with Crippen molar-refractivity contribution in [2.75, 3.05) is 10.8 Å². The monoisotopic (exact) mass is 631 g/mol. The van der Waals surface area contributed by atoms with E-state index in [9.17, 15) is 18.0 Å². The molecule has 9 heteroatoms. The van der Waals surface area contributed by atoms with E-state index in [1.807, 2.05) is 75.4 Å². The van der Waals surface area contributed by atoms with Gasteiger partial charge in [0.15, 0.2) is 0 Å². The van der Waals surface area contributed by atoms with Crippen LogP contribution in [0.25, 0.3) is 0 Å². The summed E-state index contributed by atoms with van der Waals surface area (Å²) in [5, 5.41) is 3.48. The number of amides is 2. The standard InChI is InChI=1S/C35H38ClN3O4S/c1-4-27(3)37-35(41)33(23-28-13-7-5-8-14-28)38(24-29-15-11-12-26(2)22-29)34(40)25-39(31-20-18-30(36)19-21-31)44(42,43)32-16-9-6-10-17-32/h5-22,27,33H,4,23-25H2,1-3H3,(H,37,41)/t27-,33-/m0/s1.